The van der Waals surface area contributed by atoms with E-state index in [-0.39, 0.29) is 5.56 Å². The lowest BCUT2D eigenvalue weighted by molar-refractivity contribution is 0.309. The second-order valence-electron chi connectivity index (χ2n) is 6.36. The number of nitrogens with zero attached hydrogens (tertiary/aromatic N) is 3. The van der Waals surface area contributed by atoms with E-state index in [9.17, 15) is 4.79 Å². The molecule has 2 aromatic carbocycles. The van der Waals surface area contributed by atoms with Crippen molar-refractivity contribution in [3.05, 3.63) is 59.4 Å². The van der Waals surface area contributed by atoms with Gasteiger partial charge < -0.3 is 9.47 Å². The summed E-state index contributed by atoms with van der Waals surface area (Å²) >= 11 is 10.5. The van der Waals surface area contributed by atoms with Crippen molar-refractivity contribution in [1.82, 2.24) is 9.66 Å². The average Bonchev–Trinajstić information content (AvgIpc) is 2.72. The molecule has 9 heteroatoms. The molecule has 0 aliphatic heterocycles. The molecule has 6 nitrogen and oxygen atoms in total. The third-order valence-corrected chi connectivity index (χ3v) is 6.96. The second kappa shape index (κ2) is 10.1. The SMILES string of the molecule is CCCc1nc2ccc(Br)cc2c(=O)n1N=Cc1cc(OCC)c(OC)c(Br)c1Br. The molecule has 3 aromatic rings. The van der Waals surface area contributed by atoms with Gasteiger partial charge in [0.2, 0.25) is 0 Å². The Hall–Kier alpha value is -1.71. The van der Waals surface area contributed by atoms with Crippen LogP contribution in [0.15, 0.2) is 47.6 Å². The first kappa shape index (κ1) is 23.0. The zero-order chi connectivity index (χ0) is 21.8. The first-order chi connectivity index (χ1) is 14.4. The maximum Gasteiger partial charge on any atom is 0.282 e. The molecule has 0 saturated carbocycles. The van der Waals surface area contributed by atoms with Gasteiger partial charge in [0.05, 0.1) is 35.3 Å². The van der Waals surface area contributed by atoms with Crippen LogP contribution in [-0.2, 0) is 6.42 Å². The van der Waals surface area contributed by atoms with E-state index in [1.54, 1.807) is 19.4 Å². The number of hydrogen-bond donors (Lipinski definition) is 0. The summed E-state index contributed by atoms with van der Waals surface area (Å²) < 4.78 is 14.8. The van der Waals surface area contributed by atoms with Crippen LogP contribution in [0.5, 0.6) is 11.5 Å². The lowest BCUT2D eigenvalue weighted by Crippen LogP contribution is -2.22. The summed E-state index contributed by atoms with van der Waals surface area (Å²) in [6.07, 6.45) is 3.09. The van der Waals surface area contributed by atoms with Crippen LogP contribution in [0.3, 0.4) is 0 Å². The number of ether oxygens (including phenoxy) is 2. The topological polar surface area (TPSA) is 65.7 Å². The van der Waals surface area contributed by atoms with E-state index in [1.165, 1.54) is 4.68 Å². The molecule has 3 rings (SSSR count). The van der Waals surface area contributed by atoms with Crippen LogP contribution < -0.4 is 15.0 Å². The highest BCUT2D eigenvalue weighted by Crippen LogP contribution is 2.42. The molecule has 0 saturated heterocycles. The van der Waals surface area contributed by atoms with Gasteiger partial charge in [0.15, 0.2) is 11.5 Å². The van der Waals surface area contributed by atoms with E-state index in [0.717, 1.165) is 20.9 Å². The highest BCUT2D eigenvalue weighted by Gasteiger charge is 2.16. The molecule has 0 unspecified atom stereocenters. The lowest BCUT2D eigenvalue weighted by atomic mass is 10.2. The van der Waals surface area contributed by atoms with Crippen LogP contribution in [0.1, 0.15) is 31.7 Å². The number of aromatic nitrogens is 2. The van der Waals surface area contributed by atoms with Gasteiger partial charge in [-0.1, -0.05) is 22.9 Å². The summed E-state index contributed by atoms with van der Waals surface area (Å²) in [7, 11) is 1.58. The summed E-state index contributed by atoms with van der Waals surface area (Å²) in [4.78, 5) is 17.8. The fraction of sp³-hybridized carbons (Fsp3) is 0.286. The van der Waals surface area contributed by atoms with E-state index >= 15 is 0 Å². The van der Waals surface area contributed by atoms with E-state index in [4.69, 9.17) is 9.47 Å². The zero-order valence-electron chi connectivity index (χ0n) is 16.7. The van der Waals surface area contributed by atoms with Gasteiger partial charge in [-0.15, -0.1) is 0 Å². The van der Waals surface area contributed by atoms with Crippen molar-refractivity contribution < 1.29 is 9.47 Å². The molecular formula is C21H20Br3N3O3. The molecule has 30 heavy (non-hydrogen) atoms. The van der Waals surface area contributed by atoms with E-state index in [0.29, 0.717) is 45.7 Å². The van der Waals surface area contributed by atoms with Crippen molar-refractivity contribution in [3.63, 3.8) is 0 Å². The molecule has 1 aromatic heterocycles. The molecule has 0 aliphatic carbocycles. The van der Waals surface area contributed by atoms with E-state index in [2.05, 4.69) is 57.9 Å². The molecule has 158 valence electrons. The van der Waals surface area contributed by atoms with Gasteiger partial charge >= 0.3 is 0 Å². The molecule has 0 N–H and O–H groups in total. The Morgan fingerprint density at radius 2 is 1.93 bits per heavy atom. The minimum atomic E-state index is -0.213. The lowest BCUT2D eigenvalue weighted by Gasteiger charge is -2.14. The van der Waals surface area contributed by atoms with Crippen molar-refractivity contribution in [2.75, 3.05) is 13.7 Å². The quantitative estimate of drug-likeness (QED) is 0.315. The van der Waals surface area contributed by atoms with Crippen molar-refractivity contribution in [1.29, 1.82) is 0 Å². The average molecular weight is 602 g/mol. The summed E-state index contributed by atoms with van der Waals surface area (Å²) in [5.41, 5.74) is 1.18. The maximum absolute atomic E-state index is 13.1. The largest absolute Gasteiger partial charge is 0.492 e. The van der Waals surface area contributed by atoms with Crippen LogP contribution in [0.4, 0.5) is 0 Å². The summed E-state index contributed by atoms with van der Waals surface area (Å²) in [5.74, 6) is 1.78. The fourth-order valence-electron chi connectivity index (χ4n) is 2.97. The third-order valence-electron chi connectivity index (χ3n) is 4.32. The minimum Gasteiger partial charge on any atom is -0.492 e. The van der Waals surface area contributed by atoms with Crippen LogP contribution in [0.2, 0.25) is 0 Å². The smallest absolute Gasteiger partial charge is 0.282 e. The van der Waals surface area contributed by atoms with Crippen molar-refractivity contribution in [3.8, 4) is 11.5 Å². The molecule has 0 amide bonds. The first-order valence-electron chi connectivity index (χ1n) is 9.35. The summed E-state index contributed by atoms with van der Waals surface area (Å²) in [5, 5.41) is 4.99. The van der Waals surface area contributed by atoms with Gasteiger partial charge in [-0.3, -0.25) is 4.79 Å². The molecule has 0 radical (unpaired) electrons. The molecule has 0 atom stereocenters. The number of aryl methyl sites for hydroxylation is 1. The number of halogens is 3. The summed E-state index contributed by atoms with van der Waals surface area (Å²) in [6.45, 7) is 4.43. The highest BCUT2D eigenvalue weighted by molar-refractivity contribution is 9.13. The predicted molar refractivity (Wildman–Crippen MR) is 130 cm³/mol. The van der Waals surface area contributed by atoms with E-state index in [1.807, 2.05) is 32.0 Å². The molecule has 0 aliphatic rings. The van der Waals surface area contributed by atoms with Crippen molar-refractivity contribution in [2.24, 2.45) is 5.10 Å². The van der Waals surface area contributed by atoms with Crippen LogP contribution in [-0.4, -0.2) is 29.6 Å². The molecule has 1 heterocycles. The highest BCUT2D eigenvalue weighted by atomic mass is 79.9. The van der Waals surface area contributed by atoms with Crippen molar-refractivity contribution >= 4 is 64.9 Å². The van der Waals surface area contributed by atoms with Crippen molar-refractivity contribution in [2.45, 2.75) is 26.7 Å². The minimum absolute atomic E-state index is 0.213. The first-order valence-corrected chi connectivity index (χ1v) is 11.7. The van der Waals surface area contributed by atoms with Gasteiger partial charge in [0.25, 0.3) is 5.56 Å². The molecule has 0 bridgehead atoms. The molecular weight excluding hydrogens is 582 g/mol. The summed E-state index contributed by atoms with van der Waals surface area (Å²) in [6, 6.07) is 7.29. The number of hydrogen-bond acceptors (Lipinski definition) is 5. The second-order valence-corrected chi connectivity index (χ2v) is 8.86. The monoisotopic (exact) mass is 599 g/mol. The van der Waals surface area contributed by atoms with Gasteiger partial charge in [-0.2, -0.15) is 9.78 Å². The Morgan fingerprint density at radius 3 is 2.60 bits per heavy atom. The fourth-order valence-corrected chi connectivity index (χ4v) is 4.31. The Morgan fingerprint density at radius 1 is 1.17 bits per heavy atom. The van der Waals surface area contributed by atoms with Crippen LogP contribution >= 0.6 is 47.8 Å². The number of rotatable bonds is 7. The standard InChI is InChI=1S/C21H20Br3N3O3/c1-4-6-17-26-15-8-7-13(22)10-14(15)21(28)27(17)25-11-12-9-16(30-5-2)20(29-3)19(24)18(12)23/h7-11H,4-6H2,1-3H3. The van der Waals surface area contributed by atoms with Gasteiger partial charge in [-0.05, 0) is 69.5 Å². The van der Waals surface area contributed by atoms with Gasteiger partial charge in [0, 0.05) is 20.9 Å². The normalized spacial score (nSPS) is 11.4. The Kier molecular flexibility index (Phi) is 7.70. The Labute approximate surface area is 199 Å². The van der Waals surface area contributed by atoms with Crippen LogP contribution in [0, 0.1) is 0 Å². The zero-order valence-corrected chi connectivity index (χ0v) is 21.5. The van der Waals surface area contributed by atoms with E-state index < -0.39 is 0 Å². The Balaban J connectivity index is 2.17. The predicted octanol–water partition coefficient (Wildman–Crippen LogP) is 5.93. The van der Waals surface area contributed by atoms with Gasteiger partial charge in [0.1, 0.15) is 5.82 Å². The maximum atomic E-state index is 13.1. The Bertz CT molecular complexity index is 1180. The molecule has 0 spiro atoms. The number of fused-ring (bicyclic) bond motifs is 1. The van der Waals surface area contributed by atoms with Gasteiger partial charge in [-0.25, -0.2) is 4.98 Å². The number of benzene rings is 2. The molecule has 0 fully saturated rings. The van der Waals surface area contributed by atoms with Crippen LogP contribution in [0.25, 0.3) is 10.9 Å². The third kappa shape index (κ3) is 4.63. The number of methoxy groups -OCH3 is 1.